The third-order valence-corrected chi connectivity index (χ3v) is 4.89. The molecule has 0 aliphatic heterocycles. The van der Waals surface area contributed by atoms with Gasteiger partial charge >= 0.3 is 6.03 Å². The lowest BCUT2D eigenvalue weighted by Crippen LogP contribution is -2.23. The predicted molar refractivity (Wildman–Crippen MR) is 123 cm³/mol. The van der Waals surface area contributed by atoms with Crippen molar-refractivity contribution in [1.82, 2.24) is 15.3 Å². The van der Waals surface area contributed by atoms with Gasteiger partial charge < -0.3 is 20.4 Å². The average molecular weight is 478 g/mol. The Morgan fingerprint density at radius 2 is 1.97 bits per heavy atom. The lowest BCUT2D eigenvalue weighted by atomic mass is 10.1. The number of urea groups is 1. The van der Waals surface area contributed by atoms with Gasteiger partial charge in [-0.1, -0.05) is 35.9 Å². The molecule has 1 aromatic heterocycles. The smallest absolute Gasteiger partial charge is 0.326 e. The van der Waals surface area contributed by atoms with Crippen LogP contribution in [0, 0.1) is 0 Å². The van der Waals surface area contributed by atoms with E-state index in [2.05, 4.69) is 25.9 Å². The van der Waals surface area contributed by atoms with Crippen LogP contribution in [0.2, 0.25) is 5.02 Å². The molecule has 0 unspecified atom stereocenters. The van der Waals surface area contributed by atoms with Crippen molar-refractivity contribution in [2.24, 2.45) is 0 Å². The van der Waals surface area contributed by atoms with E-state index in [-0.39, 0.29) is 29.6 Å². The molecule has 1 heterocycles. The second kappa shape index (κ2) is 11.9. The maximum Gasteiger partial charge on any atom is 0.326 e. The number of alkyl halides is 2. The van der Waals surface area contributed by atoms with Crippen molar-refractivity contribution in [3.63, 3.8) is 0 Å². The summed E-state index contributed by atoms with van der Waals surface area (Å²) in [7, 11) is 0. The number of amides is 2. The van der Waals surface area contributed by atoms with E-state index in [0.717, 1.165) is 5.56 Å². The van der Waals surface area contributed by atoms with Crippen molar-refractivity contribution < 1.29 is 18.3 Å². The Hall–Kier alpha value is -3.50. The fourth-order valence-corrected chi connectivity index (χ4v) is 3.20. The summed E-state index contributed by atoms with van der Waals surface area (Å²) in [5.74, 6) is 0.0785. The van der Waals surface area contributed by atoms with Crippen LogP contribution < -0.4 is 26.2 Å². The van der Waals surface area contributed by atoms with Gasteiger partial charge in [0.15, 0.2) is 0 Å². The lowest BCUT2D eigenvalue weighted by Gasteiger charge is -2.11. The molecular formula is C22H22ClF2N5O3. The van der Waals surface area contributed by atoms with Crippen molar-refractivity contribution in [2.75, 3.05) is 30.7 Å². The van der Waals surface area contributed by atoms with Crippen LogP contribution in [0.4, 0.5) is 25.2 Å². The number of anilines is 2. The first-order chi connectivity index (χ1) is 16.0. The Bertz CT molecular complexity index is 1160. The van der Waals surface area contributed by atoms with Gasteiger partial charge in [0.1, 0.15) is 5.75 Å². The van der Waals surface area contributed by atoms with Crippen LogP contribution in [-0.4, -0.2) is 36.1 Å². The van der Waals surface area contributed by atoms with Crippen molar-refractivity contribution in [2.45, 2.75) is 13.0 Å². The van der Waals surface area contributed by atoms with Crippen LogP contribution in [0.1, 0.15) is 12.0 Å². The van der Waals surface area contributed by atoms with E-state index in [9.17, 15) is 18.4 Å². The molecule has 3 aromatic rings. The molecule has 4 N–H and O–H groups in total. The van der Waals surface area contributed by atoms with E-state index in [4.69, 9.17) is 16.3 Å². The molecule has 11 heteroatoms. The molecule has 2 aromatic carbocycles. The number of nitrogens with one attached hydrogen (secondary N) is 4. The standard InChI is InChI=1S/C22H22ClF2N5O3/c23-17-10-14(6-7-15(17)11-26-9-3-8-24)16-12-27-21(29-20(16)31)30-22(32)28-18-4-1-2-5-19(18)33-13-25/h1-2,4-7,10,12,26H,3,8-9,11,13H2,(H3,27,28,29,30,31,32). The van der Waals surface area contributed by atoms with E-state index in [1.807, 2.05) is 0 Å². The molecule has 0 radical (unpaired) electrons. The summed E-state index contributed by atoms with van der Waals surface area (Å²) in [5, 5.41) is 8.45. The Kier molecular flexibility index (Phi) is 8.73. The summed E-state index contributed by atoms with van der Waals surface area (Å²) in [6.07, 6.45) is 1.84. The van der Waals surface area contributed by atoms with Crippen LogP contribution in [-0.2, 0) is 6.54 Å². The van der Waals surface area contributed by atoms with Gasteiger partial charge in [0.2, 0.25) is 12.8 Å². The third-order valence-electron chi connectivity index (χ3n) is 4.54. The quantitative estimate of drug-likeness (QED) is 0.322. The van der Waals surface area contributed by atoms with Gasteiger partial charge in [-0.05, 0) is 42.3 Å². The highest BCUT2D eigenvalue weighted by Crippen LogP contribution is 2.25. The highest BCUT2D eigenvalue weighted by atomic mass is 35.5. The normalized spacial score (nSPS) is 10.6. The van der Waals surface area contributed by atoms with Gasteiger partial charge in [0, 0.05) is 17.8 Å². The van der Waals surface area contributed by atoms with E-state index in [1.165, 1.54) is 18.3 Å². The fraction of sp³-hybridized carbons (Fsp3) is 0.227. The summed E-state index contributed by atoms with van der Waals surface area (Å²) in [5.41, 5.74) is 1.31. The number of benzene rings is 2. The summed E-state index contributed by atoms with van der Waals surface area (Å²) in [6.45, 7) is -0.417. The Morgan fingerprint density at radius 3 is 2.70 bits per heavy atom. The molecule has 0 bridgehead atoms. The molecule has 0 saturated heterocycles. The Morgan fingerprint density at radius 1 is 1.15 bits per heavy atom. The zero-order valence-electron chi connectivity index (χ0n) is 17.5. The van der Waals surface area contributed by atoms with Crippen LogP contribution in [0.25, 0.3) is 11.1 Å². The molecular weight excluding hydrogens is 456 g/mol. The summed E-state index contributed by atoms with van der Waals surface area (Å²) in [6, 6.07) is 10.8. The van der Waals surface area contributed by atoms with Crippen LogP contribution in [0.5, 0.6) is 5.75 Å². The number of rotatable bonds is 10. The average Bonchev–Trinajstić information content (AvgIpc) is 2.79. The number of aromatic amines is 1. The number of carbonyl (C=O) groups excluding carboxylic acids is 1. The van der Waals surface area contributed by atoms with Crippen molar-refractivity contribution >= 4 is 29.3 Å². The number of halogens is 3. The molecule has 3 rings (SSSR count). The second-order valence-corrected chi connectivity index (χ2v) is 7.23. The Labute approximate surface area is 193 Å². The van der Waals surface area contributed by atoms with E-state index < -0.39 is 18.5 Å². The molecule has 0 fully saturated rings. The van der Waals surface area contributed by atoms with E-state index in [1.54, 1.807) is 30.3 Å². The van der Waals surface area contributed by atoms with Gasteiger partial charge in [-0.2, -0.15) is 4.98 Å². The lowest BCUT2D eigenvalue weighted by molar-refractivity contribution is 0.192. The third kappa shape index (κ3) is 6.74. The number of H-pyrrole nitrogens is 1. The van der Waals surface area contributed by atoms with Gasteiger partial charge in [-0.3, -0.25) is 14.5 Å². The minimum absolute atomic E-state index is 0.0788. The monoisotopic (exact) mass is 477 g/mol. The molecule has 2 amide bonds. The van der Waals surface area contributed by atoms with Crippen molar-refractivity contribution in [3.05, 3.63) is 69.6 Å². The SMILES string of the molecule is O=C(Nc1nc(=O)c(-c2ccc(CNCCCF)c(Cl)c2)c[nH]1)Nc1ccccc1OCF. The predicted octanol–water partition coefficient (Wildman–Crippen LogP) is 4.49. The first-order valence-corrected chi connectivity index (χ1v) is 10.4. The first-order valence-electron chi connectivity index (χ1n) is 10.0. The minimum atomic E-state index is -1.04. The molecule has 0 aliphatic carbocycles. The van der Waals surface area contributed by atoms with E-state index >= 15 is 0 Å². The Balaban J connectivity index is 1.67. The highest BCUT2D eigenvalue weighted by Gasteiger charge is 2.12. The fourth-order valence-electron chi connectivity index (χ4n) is 2.96. The molecule has 0 aliphatic rings. The second-order valence-electron chi connectivity index (χ2n) is 6.82. The van der Waals surface area contributed by atoms with Crippen LogP contribution in [0.3, 0.4) is 0 Å². The number of hydrogen-bond acceptors (Lipinski definition) is 5. The number of ether oxygens (including phenoxy) is 1. The topological polar surface area (TPSA) is 108 Å². The summed E-state index contributed by atoms with van der Waals surface area (Å²) >= 11 is 6.31. The highest BCUT2D eigenvalue weighted by molar-refractivity contribution is 6.31. The van der Waals surface area contributed by atoms with Crippen molar-refractivity contribution in [3.8, 4) is 16.9 Å². The number of nitrogens with zero attached hydrogens (tertiary/aromatic N) is 1. The largest absolute Gasteiger partial charge is 0.461 e. The molecule has 0 atom stereocenters. The molecule has 0 spiro atoms. The van der Waals surface area contributed by atoms with Crippen LogP contribution in [0.15, 0.2) is 53.5 Å². The van der Waals surface area contributed by atoms with Gasteiger partial charge in [0.05, 0.1) is 17.9 Å². The molecule has 33 heavy (non-hydrogen) atoms. The van der Waals surface area contributed by atoms with Gasteiger partial charge in [-0.15, -0.1) is 0 Å². The zero-order valence-corrected chi connectivity index (χ0v) is 18.2. The number of hydrogen-bond donors (Lipinski definition) is 4. The first kappa shape index (κ1) is 24.1. The minimum Gasteiger partial charge on any atom is -0.461 e. The maximum absolute atomic E-state index is 12.5. The number of para-hydroxylation sites is 2. The van der Waals surface area contributed by atoms with Gasteiger partial charge in [-0.25, -0.2) is 9.18 Å². The number of aromatic nitrogens is 2. The maximum atomic E-state index is 12.5. The van der Waals surface area contributed by atoms with Gasteiger partial charge in [0.25, 0.3) is 5.56 Å². The van der Waals surface area contributed by atoms with Crippen LogP contribution >= 0.6 is 11.6 Å². The zero-order chi connectivity index (χ0) is 23.6. The van der Waals surface area contributed by atoms with Crippen molar-refractivity contribution in [1.29, 1.82) is 0 Å². The molecule has 8 nitrogen and oxygen atoms in total. The summed E-state index contributed by atoms with van der Waals surface area (Å²) in [4.78, 5) is 31.3. The molecule has 0 saturated carbocycles. The molecule has 174 valence electrons. The van der Waals surface area contributed by atoms with E-state index in [0.29, 0.717) is 30.1 Å². The summed E-state index contributed by atoms with van der Waals surface area (Å²) < 4.78 is 29.5. The number of carbonyl (C=O) groups is 1.